The zero-order chi connectivity index (χ0) is 21.0. The Morgan fingerprint density at radius 2 is 1.93 bits per heavy atom. The Hall–Kier alpha value is -2.87. The van der Waals surface area contributed by atoms with Gasteiger partial charge in [-0.3, -0.25) is 14.4 Å². The molecule has 0 radical (unpaired) electrons. The zero-order valence-corrected chi connectivity index (χ0v) is 17.8. The molecule has 2 aromatic carbocycles. The van der Waals surface area contributed by atoms with Gasteiger partial charge in [-0.05, 0) is 42.5 Å². The molecule has 1 unspecified atom stereocenters. The number of carbonyl (C=O) groups excluding carboxylic acids is 3. The molecule has 3 rings (SSSR count). The van der Waals surface area contributed by atoms with Crippen LogP contribution < -0.4 is 15.0 Å². The average Bonchev–Trinajstić information content (AvgIpc) is 3.09. The van der Waals surface area contributed by atoms with E-state index in [1.165, 1.54) is 4.90 Å². The first kappa shape index (κ1) is 20.9. The van der Waals surface area contributed by atoms with Gasteiger partial charge in [0.2, 0.25) is 11.8 Å². The Balaban J connectivity index is 1.56. The minimum Gasteiger partial charge on any atom is -0.484 e. The lowest BCUT2D eigenvalue weighted by atomic mass is 10.1. The summed E-state index contributed by atoms with van der Waals surface area (Å²) in [6.07, 6.45) is 0.173. The molecule has 0 aliphatic carbocycles. The van der Waals surface area contributed by atoms with Gasteiger partial charge in [0.05, 0.1) is 5.92 Å². The minimum absolute atomic E-state index is 0.0473. The fourth-order valence-electron chi connectivity index (χ4n) is 2.93. The number of halogens is 1. The van der Waals surface area contributed by atoms with E-state index in [2.05, 4.69) is 21.2 Å². The molecular formula is C21H22BrN3O4. The van der Waals surface area contributed by atoms with E-state index in [0.717, 1.165) is 10.2 Å². The fourth-order valence-corrected chi connectivity index (χ4v) is 3.32. The van der Waals surface area contributed by atoms with Crippen LogP contribution in [0, 0.1) is 5.92 Å². The van der Waals surface area contributed by atoms with Gasteiger partial charge in [-0.2, -0.15) is 0 Å². The molecule has 0 spiro atoms. The number of benzene rings is 2. The average molecular weight is 460 g/mol. The lowest BCUT2D eigenvalue weighted by Gasteiger charge is -2.17. The summed E-state index contributed by atoms with van der Waals surface area (Å²) in [6, 6.07) is 14.2. The van der Waals surface area contributed by atoms with E-state index in [-0.39, 0.29) is 30.7 Å². The van der Waals surface area contributed by atoms with Crippen molar-refractivity contribution in [2.45, 2.75) is 6.42 Å². The van der Waals surface area contributed by atoms with Gasteiger partial charge in [0.1, 0.15) is 5.75 Å². The van der Waals surface area contributed by atoms with E-state index in [1.807, 2.05) is 24.3 Å². The molecule has 29 heavy (non-hydrogen) atoms. The van der Waals surface area contributed by atoms with Crippen LogP contribution in [0.3, 0.4) is 0 Å². The number of rotatable bonds is 6. The number of likely N-dealkylation sites (N-methyl/N-ethyl adjacent to an activating group) is 1. The third-order valence-electron chi connectivity index (χ3n) is 4.60. The molecule has 0 bridgehead atoms. The minimum atomic E-state index is -0.421. The van der Waals surface area contributed by atoms with Crippen molar-refractivity contribution in [1.29, 1.82) is 0 Å². The lowest BCUT2D eigenvalue weighted by Crippen LogP contribution is -2.28. The number of anilines is 2. The summed E-state index contributed by atoms with van der Waals surface area (Å²) in [5.41, 5.74) is 1.38. The topological polar surface area (TPSA) is 79.0 Å². The maximum atomic E-state index is 12.6. The smallest absolute Gasteiger partial charge is 0.259 e. The number of carbonyl (C=O) groups is 3. The molecule has 7 nitrogen and oxygen atoms in total. The van der Waals surface area contributed by atoms with E-state index >= 15 is 0 Å². The monoisotopic (exact) mass is 459 g/mol. The summed E-state index contributed by atoms with van der Waals surface area (Å²) in [6.45, 7) is 0.295. The van der Waals surface area contributed by atoms with Gasteiger partial charge in [0, 0.05) is 42.9 Å². The second-order valence-electron chi connectivity index (χ2n) is 6.98. The van der Waals surface area contributed by atoms with E-state index in [1.54, 1.807) is 43.3 Å². The third kappa shape index (κ3) is 5.35. The predicted octanol–water partition coefficient (Wildman–Crippen LogP) is 2.91. The summed E-state index contributed by atoms with van der Waals surface area (Å²) in [5, 5.41) is 2.84. The molecular weight excluding hydrogens is 438 g/mol. The Bertz CT molecular complexity index is 914. The van der Waals surface area contributed by atoms with E-state index in [0.29, 0.717) is 18.0 Å². The quantitative estimate of drug-likeness (QED) is 0.719. The summed E-state index contributed by atoms with van der Waals surface area (Å²) in [4.78, 5) is 39.6. The summed E-state index contributed by atoms with van der Waals surface area (Å²) in [7, 11) is 3.33. The molecule has 3 amide bonds. The van der Waals surface area contributed by atoms with Crippen LogP contribution in [0.4, 0.5) is 11.4 Å². The third-order valence-corrected chi connectivity index (χ3v) is 5.09. The van der Waals surface area contributed by atoms with Crippen molar-refractivity contribution in [2.24, 2.45) is 5.92 Å². The number of hydrogen-bond acceptors (Lipinski definition) is 4. The molecule has 1 saturated heterocycles. The number of hydrogen-bond donors (Lipinski definition) is 1. The SMILES string of the molecule is CN(C)C(=O)COc1ccc(NC(=O)C2CC(=O)N(c3cccc(Br)c3)C2)cc1. The zero-order valence-electron chi connectivity index (χ0n) is 16.2. The molecule has 1 aliphatic heterocycles. The van der Waals surface area contributed by atoms with Crippen molar-refractivity contribution in [3.63, 3.8) is 0 Å². The Morgan fingerprint density at radius 3 is 2.59 bits per heavy atom. The van der Waals surface area contributed by atoms with Gasteiger partial charge >= 0.3 is 0 Å². The van der Waals surface area contributed by atoms with Gasteiger partial charge in [-0.25, -0.2) is 0 Å². The van der Waals surface area contributed by atoms with Crippen molar-refractivity contribution in [1.82, 2.24) is 4.90 Å². The number of amides is 3. The number of ether oxygens (including phenoxy) is 1. The standard InChI is InChI=1S/C21H22BrN3O4/c1-24(2)20(27)13-29-18-8-6-16(7-9-18)23-21(28)14-10-19(26)25(12-14)17-5-3-4-15(22)11-17/h3-9,11,14H,10,12-13H2,1-2H3,(H,23,28). The second kappa shape index (κ2) is 9.09. The Kier molecular flexibility index (Phi) is 6.53. The van der Waals surface area contributed by atoms with Crippen LogP contribution in [0.15, 0.2) is 53.0 Å². The van der Waals surface area contributed by atoms with Crippen LogP contribution in [-0.2, 0) is 14.4 Å². The molecule has 152 valence electrons. The van der Waals surface area contributed by atoms with Gasteiger partial charge in [0.25, 0.3) is 5.91 Å². The highest BCUT2D eigenvalue weighted by Gasteiger charge is 2.35. The molecule has 2 aromatic rings. The van der Waals surface area contributed by atoms with E-state index in [4.69, 9.17) is 4.74 Å². The molecule has 1 fully saturated rings. The Morgan fingerprint density at radius 1 is 1.21 bits per heavy atom. The fraction of sp³-hybridized carbons (Fsp3) is 0.286. The molecule has 0 saturated carbocycles. The molecule has 1 heterocycles. The number of nitrogens with zero attached hydrogens (tertiary/aromatic N) is 2. The first-order valence-corrected chi connectivity index (χ1v) is 9.92. The van der Waals surface area contributed by atoms with Crippen LogP contribution in [-0.4, -0.2) is 49.9 Å². The van der Waals surface area contributed by atoms with Crippen LogP contribution in [0.2, 0.25) is 0 Å². The van der Waals surface area contributed by atoms with E-state index < -0.39 is 5.92 Å². The highest BCUT2D eigenvalue weighted by atomic mass is 79.9. The van der Waals surface area contributed by atoms with Crippen molar-refractivity contribution in [3.05, 3.63) is 53.0 Å². The van der Waals surface area contributed by atoms with Gasteiger partial charge in [-0.15, -0.1) is 0 Å². The van der Waals surface area contributed by atoms with Crippen molar-refractivity contribution in [3.8, 4) is 5.75 Å². The largest absolute Gasteiger partial charge is 0.484 e. The Labute approximate surface area is 177 Å². The van der Waals surface area contributed by atoms with Crippen molar-refractivity contribution >= 4 is 45.0 Å². The molecule has 8 heteroatoms. The second-order valence-corrected chi connectivity index (χ2v) is 7.89. The summed E-state index contributed by atoms with van der Waals surface area (Å²) < 4.78 is 6.30. The predicted molar refractivity (Wildman–Crippen MR) is 114 cm³/mol. The molecule has 1 atom stereocenters. The van der Waals surface area contributed by atoms with Crippen LogP contribution >= 0.6 is 15.9 Å². The maximum Gasteiger partial charge on any atom is 0.259 e. The normalized spacial score (nSPS) is 15.9. The van der Waals surface area contributed by atoms with Gasteiger partial charge in [-0.1, -0.05) is 22.0 Å². The van der Waals surface area contributed by atoms with Crippen LogP contribution in [0.5, 0.6) is 5.75 Å². The molecule has 1 aliphatic rings. The maximum absolute atomic E-state index is 12.6. The highest BCUT2D eigenvalue weighted by Crippen LogP contribution is 2.28. The van der Waals surface area contributed by atoms with Gasteiger partial charge < -0.3 is 19.9 Å². The van der Waals surface area contributed by atoms with Crippen molar-refractivity contribution in [2.75, 3.05) is 37.5 Å². The first-order chi connectivity index (χ1) is 13.8. The van der Waals surface area contributed by atoms with Gasteiger partial charge in [0.15, 0.2) is 6.61 Å². The first-order valence-electron chi connectivity index (χ1n) is 9.13. The van der Waals surface area contributed by atoms with E-state index in [9.17, 15) is 14.4 Å². The molecule has 1 N–H and O–H groups in total. The van der Waals surface area contributed by atoms with Crippen LogP contribution in [0.25, 0.3) is 0 Å². The summed E-state index contributed by atoms with van der Waals surface area (Å²) >= 11 is 3.40. The number of nitrogens with one attached hydrogen (secondary N) is 1. The van der Waals surface area contributed by atoms with Crippen LogP contribution in [0.1, 0.15) is 6.42 Å². The van der Waals surface area contributed by atoms with Crippen molar-refractivity contribution < 1.29 is 19.1 Å². The lowest BCUT2D eigenvalue weighted by molar-refractivity contribution is -0.130. The summed E-state index contributed by atoms with van der Waals surface area (Å²) in [5.74, 6) is -0.293. The molecule has 0 aromatic heterocycles. The highest BCUT2D eigenvalue weighted by molar-refractivity contribution is 9.10.